The molecule has 0 amide bonds. The Bertz CT molecular complexity index is 358. The smallest absolute Gasteiger partial charge is 0.0113 e. The van der Waals surface area contributed by atoms with E-state index in [-0.39, 0.29) is 0 Å². The first kappa shape index (κ1) is 9.41. The summed E-state index contributed by atoms with van der Waals surface area (Å²) in [6, 6.07) is 10.5. The average Bonchev–Trinajstić information content (AvgIpc) is 2.94. The highest BCUT2D eigenvalue weighted by Gasteiger charge is 2.34. The Morgan fingerprint density at radius 2 is 1.93 bits per heavy atom. The molecule has 0 bridgehead atoms. The topological polar surface area (TPSA) is 12.0 Å². The fourth-order valence-electron chi connectivity index (χ4n) is 2.70. The zero-order valence-corrected chi connectivity index (χ0v) is 9.37. The quantitative estimate of drug-likeness (QED) is 0.775. The van der Waals surface area contributed by atoms with Crippen molar-refractivity contribution in [3.63, 3.8) is 0 Å². The third-order valence-corrected chi connectivity index (χ3v) is 3.91. The van der Waals surface area contributed by atoms with Gasteiger partial charge in [0.05, 0.1) is 0 Å². The highest BCUT2D eigenvalue weighted by molar-refractivity contribution is 5.30. The van der Waals surface area contributed by atoms with Crippen LogP contribution in [0.1, 0.15) is 30.9 Å². The lowest BCUT2D eigenvalue weighted by molar-refractivity contribution is 0.447. The van der Waals surface area contributed by atoms with Gasteiger partial charge in [0, 0.05) is 12.1 Å². The molecule has 0 heterocycles. The molecule has 1 nitrogen and oxygen atoms in total. The van der Waals surface area contributed by atoms with Crippen LogP contribution in [-0.4, -0.2) is 12.1 Å². The van der Waals surface area contributed by atoms with Crippen LogP contribution < -0.4 is 5.32 Å². The average molecular weight is 201 g/mol. The molecule has 1 aromatic carbocycles. The molecule has 0 saturated heterocycles. The molecule has 0 radical (unpaired) electrons. The van der Waals surface area contributed by atoms with Gasteiger partial charge in [-0.05, 0) is 42.7 Å². The van der Waals surface area contributed by atoms with E-state index < -0.39 is 0 Å². The van der Waals surface area contributed by atoms with Gasteiger partial charge in [-0.15, -0.1) is 0 Å². The van der Waals surface area contributed by atoms with E-state index in [9.17, 15) is 0 Å². The molecule has 2 aliphatic rings. The van der Waals surface area contributed by atoms with Crippen molar-refractivity contribution >= 4 is 0 Å². The first-order chi connectivity index (χ1) is 7.33. The van der Waals surface area contributed by atoms with Gasteiger partial charge >= 0.3 is 0 Å². The molecule has 3 unspecified atom stereocenters. The Kier molecular flexibility index (Phi) is 2.28. The van der Waals surface area contributed by atoms with Gasteiger partial charge in [-0.3, -0.25) is 0 Å². The Morgan fingerprint density at radius 3 is 2.67 bits per heavy atom. The number of nitrogens with one attached hydrogen (secondary N) is 1. The Morgan fingerprint density at radius 1 is 1.20 bits per heavy atom. The second-order valence-electron chi connectivity index (χ2n) is 5.19. The molecule has 3 atom stereocenters. The number of hydrogen-bond acceptors (Lipinski definition) is 1. The van der Waals surface area contributed by atoms with Gasteiger partial charge in [0.25, 0.3) is 0 Å². The van der Waals surface area contributed by atoms with Gasteiger partial charge in [0.15, 0.2) is 0 Å². The first-order valence-corrected chi connectivity index (χ1v) is 6.16. The summed E-state index contributed by atoms with van der Waals surface area (Å²) in [5, 5.41) is 3.78. The van der Waals surface area contributed by atoms with E-state index in [4.69, 9.17) is 0 Å². The maximum atomic E-state index is 3.78. The van der Waals surface area contributed by atoms with Crippen LogP contribution in [0.25, 0.3) is 0 Å². The first-order valence-electron chi connectivity index (χ1n) is 6.16. The summed E-state index contributed by atoms with van der Waals surface area (Å²) in [7, 11) is 0. The molecule has 1 fully saturated rings. The molecule has 1 N–H and O–H groups in total. The number of rotatable bonds is 2. The highest BCUT2D eigenvalue weighted by atomic mass is 15.0. The number of fused-ring (bicyclic) bond motifs is 1. The second kappa shape index (κ2) is 3.64. The lowest BCUT2D eigenvalue weighted by Crippen LogP contribution is -2.36. The minimum Gasteiger partial charge on any atom is -0.311 e. The van der Waals surface area contributed by atoms with Crippen LogP contribution in [-0.2, 0) is 12.8 Å². The van der Waals surface area contributed by atoms with Crippen molar-refractivity contribution < 1.29 is 0 Å². The van der Waals surface area contributed by atoms with Gasteiger partial charge in [0.2, 0.25) is 0 Å². The van der Waals surface area contributed by atoms with E-state index in [1.807, 2.05) is 0 Å². The molecule has 3 rings (SSSR count). The Hall–Kier alpha value is -0.820. The summed E-state index contributed by atoms with van der Waals surface area (Å²) in [6.07, 6.45) is 5.20. The maximum absolute atomic E-state index is 3.78. The highest BCUT2D eigenvalue weighted by Crippen LogP contribution is 2.31. The van der Waals surface area contributed by atoms with E-state index in [0.717, 1.165) is 18.0 Å². The number of hydrogen-bond donors (Lipinski definition) is 1. The van der Waals surface area contributed by atoms with Gasteiger partial charge in [-0.1, -0.05) is 31.2 Å². The van der Waals surface area contributed by atoms with Gasteiger partial charge in [0.1, 0.15) is 0 Å². The van der Waals surface area contributed by atoms with Gasteiger partial charge < -0.3 is 5.32 Å². The molecule has 0 aromatic heterocycles. The number of benzene rings is 1. The van der Waals surface area contributed by atoms with Crippen LogP contribution in [0.2, 0.25) is 0 Å². The summed E-state index contributed by atoms with van der Waals surface area (Å²) in [5.41, 5.74) is 3.13. The summed E-state index contributed by atoms with van der Waals surface area (Å²) in [4.78, 5) is 0. The van der Waals surface area contributed by atoms with Crippen LogP contribution in [0.5, 0.6) is 0 Å². The van der Waals surface area contributed by atoms with E-state index in [1.54, 1.807) is 11.1 Å². The molecule has 1 aromatic rings. The van der Waals surface area contributed by atoms with Crippen LogP contribution in [0.4, 0.5) is 0 Å². The van der Waals surface area contributed by atoms with Crippen molar-refractivity contribution in [3.8, 4) is 0 Å². The van der Waals surface area contributed by atoms with Crippen molar-refractivity contribution in [2.24, 2.45) is 5.92 Å². The van der Waals surface area contributed by atoms with Crippen LogP contribution in [0.15, 0.2) is 24.3 Å². The van der Waals surface area contributed by atoms with E-state index in [0.29, 0.717) is 0 Å². The molecule has 80 valence electrons. The molecular weight excluding hydrogens is 182 g/mol. The van der Waals surface area contributed by atoms with Crippen LogP contribution in [0, 0.1) is 5.92 Å². The number of aryl methyl sites for hydroxylation is 1. The van der Waals surface area contributed by atoms with E-state index in [2.05, 4.69) is 36.5 Å². The fraction of sp³-hybridized carbons (Fsp3) is 0.571. The van der Waals surface area contributed by atoms with E-state index in [1.165, 1.54) is 25.7 Å². The van der Waals surface area contributed by atoms with Crippen molar-refractivity contribution in [3.05, 3.63) is 35.4 Å². The molecule has 1 saturated carbocycles. The van der Waals surface area contributed by atoms with Crippen LogP contribution in [0.3, 0.4) is 0 Å². The Balaban J connectivity index is 1.67. The second-order valence-corrected chi connectivity index (χ2v) is 5.19. The summed E-state index contributed by atoms with van der Waals surface area (Å²) >= 11 is 0. The normalized spacial score (nSPS) is 33.5. The fourth-order valence-corrected chi connectivity index (χ4v) is 2.70. The molecule has 0 spiro atoms. The molecule has 15 heavy (non-hydrogen) atoms. The zero-order valence-electron chi connectivity index (χ0n) is 9.37. The van der Waals surface area contributed by atoms with Crippen LogP contribution >= 0.6 is 0 Å². The SMILES string of the molecule is CC1CC1NC1CCc2ccccc2C1. The third kappa shape index (κ3) is 1.93. The third-order valence-electron chi connectivity index (χ3n) is 3.91. The van der Waals surface area contributed by atoms with Gasteiger partial charge in [-0.25, -0.2) is 0 Å². The summed E-state index contributed by atoms with van der Waals surface area (Å²) in [5.74, 6) is 0.919. The molecular formula is C14H19N. The molecule has 2 aliphatic carbocycles. The summed E-state index contributed by atoms with van der Waals surface area (Å²) < 4.78 is 0. The Labute approximate surface area is 91.9 Å². The van der Waals surface area contributed by atoms with Crippen molar-refractivity contribution in [1.82, 2.24) is 5.32 Å². The predicted molar refractivity (Wildman–Crippen MR) is 63.0 cm³/mol. The van der Waals surface area contributed by atoms with Gasteiger partial charge in [-0.2, -0.15) is 0 Å². The molecule has 0 aliphatic heterocycles. The van der Waals surface area contributed by atoms with Crippen molar-refractivity contribution in [2.75, 3.05) is 0 Å². The lowest BCUT2D eigenvalue weighted by atomic mass is 9.88. The van der Waals surface area contributed by atoms with Crippen molar-refractivity contribution in [1.29, 1.82) is 0 Å². The standard InChI is InChI=1S/C14H19N/c1-10-8-14(10)15-13-7-6-11-4-2-3-5-12(11)9-13/h2-5,10,13-15H,6-9H2,1H3. The predicted octanol–water partition coefficient (Wildman–Crippen LogP) is 2.54. The monoisotopic (exact) mass is 201 g/mol. The summed E-state index contributed by atoms with van der Waals surface area (Å²) in [6.45, 7) is 2.34. The van der Waals surface area contributed by atoms with Crippen molar-refractivity contribution in [2.45, 2.75) is 44.7 Å². The minimum absolute atomic E-state index is 0.731. The largest absolute Gasteiger partial charge is 0.311 e. The zero-order chi connectivity index (χ0) is 10.3. The lowest BCUT2D eigenvalue weighted by Gasteiger charge is -2.25. The molecule has 1 heteroatoms. The minimum atomic E-state index is 0.731. The van der Waals surface area contributed by atoms with E-state index >= 15 is 0 Å². The maximum Gasteiger partial charge on any atom is 0.0113 e.